The number of carbonyl (C=O) groups excluding carboxylic acids is 2. The first-order valence-electron chi connectivity index (χ1n) is 10.7. The van der Waals surface area contributed by atoms with Gasteiger partial charge in [-0.15, -0.1) is 0 Å². The maximum Gasteiger partial charge on any atom is 0.334 e. The topological polar surface area (TPSA) is 63.6 Å². The summed E-state index contributed by atoms with van der Waals surface area (Å²) in [5, 5.41) is 9.58. The van der Waals surface area contributed by atoms with Gasteiger partial charge in [-0.2, -0.15) is 0 Å². The number of hydrogen-bond donors (Lipinski definition) is 1. The Morgan fingerprint density at radius 1 is 1.32 bits per heavy atom. The number of halogens is 1. The van der Waals surface area contributed by atoms with Gasteiger partial charge in [0, 0.05) is 18.3 Å². The average molecular weight is 397 g/mol. The molecule has 1 N–H and O–H groups in total. The van der Waals surface area contributed by atoms with Gasteiger partial charge in [-0.05, 0) is 38.0 Å². The number of unbranched alkanes of at least 4 members (excludes halogenated alkanes) is 3. The van der Waals surface area contributed by atoms with Crippen molar-refractivity contribution in [2.75, 3.05) is 7.11 Å². The van der Waals surface area contributed by atoms with Gasteiger partial charge in [-0.1, -0.05) is 57.8 Å². The zero-order valence-corrected chi connectivity index (χ0v) is 17.5. The van der Waals surface area contributed by atoms with Crippen LogP contribution < -0.4 is 0 Å². The summed E-state index contributed by atoms with van der Waals surface area (Å²) in [5.74, 6) is -0.345. The number of Topliss-reactive ketones (excluding diaryl/α,β-unsaturated/α-hetero) is 1. The van der Waals surface area contributed by atoms with Crippen LogP contribution in [0.1, 0.15) is 77.6 Å². The number of methoxy groups -OCH3 is 1. The molecule has 0 bridgehead atoms. The molecule has 4 atom stereocenters. The van der Waals surface area contributed by atoms with E-state index in [9.17, 15) is 19.1 Å². The standard InChI is InChI=1S/C23H37FO4/c1-4-5-10-18(17(2)24)11-9-12-19-15-16-21(25)20(19)13-7-6-8-14-22(26)23(27)28-3/h9,12,18-20,22,26H,2,4-8,10-11,13-16H2,1,3H3/t18-,19+,20-,22?/m1/s1. The molecule has 0 aliphatic heterocycles. The van der Waals surface area contributed by atoms with Crippen LogP contribution in [0.3, 0.4) is 0 Å². The first-order valence-corrected chi connectivity index (χ1v) is 10.7. The Morgan fingerprint density at radius 2 is 2.07 bits per heavy atom. The first-order chi connectivity index (χ1) is 13.4. The third-order valence-corrected chi connectivity index (χ3v) is 5.77. The fourth-order valence-electron chi connectivity index (χ4n) is 3.94. The molecule has 1 rings (SSSR count). The first kappa shape index (κ1) is 24.5. The van der Waals surface area contributed by atoms with E-state index in [1.54, 1.807) is 0 Å². The summed E-state index contributed by atoms with van der Waals surface area (Å²) in [6.07, 6.45) is 11.8. The van der Waals surface area contributed by atoms with E-state index in [1.165, 1.54) is 7.11 Å². The SMILES string of the molecule is C=C(F)[C@@H](CC=C[C@H]1CCC(=O)[C@@H]1CCCCCC(O)C(=O)OC)CCCC. The van der Waals surface area contributed by atoms with Crippen molar-refractivity contribution in [2.45, 2.75) is 83.7 Å². The third-order valence-electron chi connectivity index (χ3n) is 5.77. The highest BCUT2D eigenvalue weighted by atomic mass is 19.1. The molecule has 1 aliphatic carbocycles. The van der Waals surface area contributed by atoms with Gasteiger partial charge in [0.15, 0.2) is 6.10 Å². The number of ether oxygens (including phenoxy) is 1. The minimum Gasteiger partial charge on any atom is -0.467 e. The van der Waals surface area contributed by atoms with Crippen LogP contribution in [0.25, 0.3) is 0 Å². The van der Waals surface area contributed by atoms with E-state index in [-0.39, 0.29) is 23.6 Å². The molecule has 0 radical (unpaired) electrons. The number of hydrogen-bond acceptors (Lipinski definition) is 4. The largest absolute Gasteiger partial charge is 0.467 e. The van der Waals surface area contributed by atoms with Crippen molar-refractivity contribution >= 4 is 11.8 Å². The Morgan fingerprint density at radius 3 is 2.71 bits per heavy atom. The van der Waals surface area contributed by atoms with Crippen LogP contribution >= 0.6 is 0 Å². The molecular weight excluding hydrogens is 359 g/mol. The van der Waals surface area contributed by atoms with Gasteiger partial charge in [0.25, 0.3) is 0 Å². The Bertz CT molecular complexity index is 529. The molecule has 1 unspecified atom stereocenters. The molecule has 0 aromatic rings. The fraction of sp³-hybridized carbons (Fsp3) is 0.739. The molecular formula is C23H37FO4. The summed E-state index contributed by atoms with van der Waals surface area (Å²) in [5.41, 5.74) is 0. The van der Waals surface area contributed by atoms with Crippen molar-refractivity contribution in [2.24, 2.45) is 17.8 Å². The number of carbonyl (C=O) groups is 2. The highest BCUT2D eigenvalue weighted by Crippen LogP contribution is 2.34. The second kappa shape index (κ2) is 13.6. The van der Waals surface area contributed by atoms with Crippen molar-refractivity contribution in [1.29, 1.82) is 0 Å². The molecule has 4 nitrogen and oxygen atoms in total. The number of esters is 1. The zero-order valence-electron chi connectivity index (χ0n) is 17.5. The predicted octanol–water partition coefficient (Wildman–Crippen LogP) is 5.30. The lowest BCUT2D eigenvalue weighted by atomic mass is 9.88. The Balaban J connectivity index is 2.39. The zero-order chi connectivity index (χ0) is 20.9. The maximum absolute atomic E-state index is 13.6. The lowest BCUT2D eigenvalue weighted by molar-refractivity contribution is -0.150. The second-order valence-corrected chi connectivity index (χ2v) is 7.90. The van der Waals surface area contributed by atoms with Crippen molar-refractivity contribution in [3.8, 4) is 0 Å². The molecule has 28 heavy (non-hydrogen) atoms. The van der Waals surface area contributed by atoms with Crippen molar-refractivity contribution in [1.82, 2.24) is 0 Å². The number of allylic oxidation sites excluding steroid dienone is 3. The van der Waals surface area contributed by atoms with Crippen LogP contribution in [0, 0.1) is 17.8 Å². The van der Waals surface area contributed by atoms with Gasteiger partial charge in [0.2, 0.25) is 0 Å². The summed E-state index contributed by atoms with van der Waals surface area (Å²) >= 11 is 0. The van der Waals surface area contributed by atoms with Crippen LogP contribution in [0.15, 0.2) is 24.6 Å². The second-order valence-electron chi connectivity index (χ2n) is 7.90. The average Bonchev–Trinajstić information content (AvgIpc) is 3.02. The van der Waals surface area contributed by atoms with E-state index in [1.807, 2.05) is 6.08 Å². The van der Waals surface area contributed by atoms with Gasteiger partial charge >= 0.3 is 5.97 Å². The summed E-state index contributed by atoms with van der Waals surface area (Å²) in [6.45, 7) is 5.57. The number of aliphatic hydroxyl groups excluding tert-OH is 1. The Kier molecular flexibility index (Phi) is 12.0. The lowest BCUT2D eigenvalue weighted by Crippen LogP contribution is -2.21. The van der Waals surface area contributed by atoms with Crippen molar-refractivity contribution in [3.05, 3.63) is 24.6 Å². The maximum atomic E-state index is 13.6. The van der Waals surface area contributed by atoms with Gasteiger partial charge in [0.05, 0.1) is 12.9 Å². The van der Waals surface area contributed by atoms with E-state index < -0.39 is 12.1 Å². The molecule has 0 amide bonds. The highest BCUT2D eigenvalue weighted by molar-refractivity contribution is 5.83. The van der Waals surface area contributed by atoms with Gasteiger partial charge in [-0.25, -0.2) is 9.18 Å². The molecule has 0 heterocycles. The van der Waals surface area contributed by atoms with Crippen LogP contribution in [0.2, 0.25) is 0 Å². The summed E-state index contributed by atoms with van der Waals surface area (Å²) < 4.78 is 18.1. The Hall–Kier alpha value is -1.49. The van der Waals surface area contributed by atoms with Gasteiger partial charge in [0.1, 0.15) is 5.78 Å². The van der Waals surface area contributed by atoms with Gasteiger partial charge in [-0.3, -0.25) is 4.79 Å². The number of ketones is 1. The molecule has 1 saturated carbocycles. The molecule has 1 fully saturated rings. The molecule has 160 valence electrons. The van der Waals surface area contributed by atoms with Crippen molar-refractivity contribution in [3.63, 3.8) is 0 Å². The number of aliphatic hydroxyl groups is 1. The fourth-order valence-corrected chi connectivity index (χ4v) is 3.94. The normalized spacial score (nSPS) is 21.8. The highest BCUT2D eigenvalue weighted by Gasteiger charge is 2.32. The molecule has 1 aliphatic rings. The quantitative estimate of drug-likeness (QED) is 0.246. The molecule has 5 heteroatoms. The number of rotatable bonds is 14. The molecule has 0 spiro atoms. The van der Waals surface area contributed by atoms with Crippen LogP contribution in [-0.2, 0) is 14.3 Å². The molecule has 0 saturated heterocycles. The monoisotopic (exact) mass is 396 g/mol. The predicted molar refractivity (Wildman–Crippen MR) is 109 cm³/mol. The van der Waals surface area contributed by atoms with E-state index in [0.717, 1.165) is 51.4 Å². The van der Waals surface area contributed by atoms with Crippen molar-refractivity contribution < 1.29 is 23.8 Å². The third kappa shape index (κ3) is 8.68. The van der Waals surface area contributed by atoms with Gasteiger partial charge < -0.3 is 9.84 Å². The smallest absolute Gasteiger partial charge is 0.334 e. The molecule has 0 aromatic heterocycles. The summed E-state index contributed by atoms with van der Waals surface area (Å²) in [6, 6.07) is 0. The van der Waals surface area contributed by atoms with E-state index in [0.29, 0.717) is 25.0 Å². The molecule has 0 aromatic carbocycles. The van der Waals surface area contributed by atoms with Crippen LogP contribution in [-0.4, -0.2) is 30.1 Å². The summed E-state index contributed by atoms with van der Waals surface area (Å²) in [7, 11) is 1.26. The van der Waals surface area contributed by atoms with Crippen LogP contribution in [0.5, 0.6) is 0 Å². The minimum absolute atomic E-state index is 0.0458. The van der Waals surface area contributed by atoms with E-state index in [4.69, 9.17) is 0 Å². The lowest BCUT2D eigenvalue weighted by Gasteiger charge is -2.16. The minimum atomic E-state index is -1.06. The van der Waals surface area contributed by atoms with Crippen LogP contribution in [0.4, 0.5) is 4.39 Å². The Labute approximate surface area is 169 Å². The van der Waals surface area contributed by atoms with E-state index >= 15 is 0 Å². The summed E-state index contributed by atoms with van der Waals surface area (Å²) in [4.78, 5) is 23.4. The van der Waals surface area contributed by atoms with E-state index in [2.05, 4.69) is 24.3 Å².